The Hall–Kier alpha value is -1.62. The summed E-state index contributed by atoms with van der Waals surface area (Å²) in [5.41, 5.74) is 8.77. The summed E-state index contributed by atoms with van der Waals surface area (Å²) in [5, 5.41) is 9.19. The Kier molecular flexibility index (Phi) is 2.48. The predicted molar refractivity (Wildman–Crippen MR) is 65.5 cm³/mol. The van der Waals surface area contributed by atoms with Gasteiger partial charge in [-0.15, -0.1) is 0 Å². The van der Waals surface area contributed by atoms with Gasteiger partial charge < -0.3 is 15.8 Å². The Morgan fingerprint density at radius 2 is 2.29 bits per heavy atom. The van der Waals surface area contributed by atoms with Gasteiger partial charge in [-0.3, -0.25) is 0 Å². The number of nitrogens with one attached hydrogen (secondary N) is 1. The predicted octanol–water partition coefficient (Wildman–Crippen LogP) is 1.42. The van der Waals surface area contributed by atoms with E-state index in [-0.39, 0.29) is 6.61 Å². The molecule has 0 aromatic carbocycles. The first-order chi connectivity index (χ1) is 8.29. The summed E-state index contributed by atoms with van der Waals surface area (Å²) in [4.78, 5) is 11.4. The molecule has 2 atom stereocenters. The van der Waals surface area contributed by atoms with Crippen LogP contribution in [-0.2, 0) is 0 Å². The van der Waals surface area contributed by atoms with Gasteiger partial charge in [0.25, 0.3) is 0 Å². The van der Waals surface area contributed by atoms with Gasteiger partial charge in [0, 0.05) is 12.8 Å². The van der Waals surface area contributed by atoms with Crippen molar-refractivity contribution in [3.05, 3.63) is 18.1 Å². The van der Waals surface area contributed by atoms with E-state index < -0.39 is 0 Å². The number of fused-ring (bicyclic) bond motifs is 1. The van der Waals surface area contributed by atoms with Crippen LogP contribution in [-0.4, -0.2) is 26.7 Å². The van der Waals surface area contributed by atoms with Crippen molar-refractivity contribution in [2.45, 2.75) is 25.2 Å². The lowest BCUT2D eigenvalue weighted by Crippen LogP contribution is -2.00. The molecule has 3 rings (SSSR count). The Morgan fingerprint density at radius 3 is 3.06 bits per heavy atom. The van der Waals surface area contributed by atoms with Crippen LogP contribution < -0.4 is 5.73 Å². The van der Waals surface area contributed by atoms with Crippen molar-refractivity contribution < 1.29 is 5.11 Å². The molecule has 1 fully saturated rings. The largest absolute Gasteiger partial charge is 0.396 e. The van der Waals surface area contributed by atoms with E-state index in [0.717, 1.165) is 30.3 Å². The quantitative estimate of drug-likeness (QED) is 0.730. The van der Waals surface area contributed by atoms with E-state index in [1.54, 1.807) is 0 Å². The monoisotopic (exact) mass is 232 g/mol. The van der Waals surface area contributed by atoms with Gasteiger partial charge >= 0.3 is 0 Å². The highest BCUT2D eigenvalue weighted by atomic mass is 16.3. The zero-order valence-corrected chi connectivity index (χ0v) is 9.56. The highest BCUT2D eigenvalue weighted by Gasteiger charge is 2.27. The number of H-pyrrole nitrogens is 1. The molecule has 4 N–H and O–H groups in total. The lowest BCUT2D eigenvalue weighted by Gasteiger charge is -2.08. The maximum Gasteiger partial charge on any atom is 0.151 e. The third-order valence-corrected chi connectivity index (χ3v) is 3.76. The number of aromatic amines is 1. The van der Waals surface area contributed by atoms with E-state index >= 15 is 0 Å². The Labute approximate surface area is 99.1 Å². The van der Waals surface area contributed by atoms with Gasteiger partial charge in [0.2, 0.25) is 0 Å². The van der Waals surface area contributed by atoms with Crippen LogP contribution in [0.2, 0.25) is 0 Å². The number of rotatable bonds is 2. The Bertz CT molecular complexity index is 536. The summed E-state index contributed by atoms with van der Waals surface area (Å²) in [5.74, 6) is 1.41. The highest BCUT2D eigenvalue weighted by molar-refractivity contribution is 5.87. The number of anilines is 1. The number of aliphatic hydroxyl groups is 1. The molecule has 2 aromatic heterocycles. The molecule has 1 aliphatic rings. The summed E-state index contributed by atoms with van der Waals surface area (Å²) < 4.78 is 0. The van der Waals surface area contributed by atoms with Gasteiger partial charge in [-0.25, -0.2) is 9.97 Å². The molecule has 1 aliphatic carbocycles. The number of nitrogens with zero attached hydrogens (tertiary/aromatic N) is 2. The normalized spacial score (nSPS) is 24.5. The van der Waals surface area contributed by atoms with Crippen molar-refractivity contribution in [3.63, 3.8) is 0 Å². The molecule has 5 nitrogen and oxygen atoms in total. The zero-order chi connectivity index (χ0) is 11.8. The number of aliphatic hydroxyl groups excluding tert-OH is 1. The summed E-state index contributed by atoms with van der Waals surface area (Å²) in [6.07, 6.45) is 6.73. The van der Waals surface area contributed by atoms with E-state index in [0.29, 0.717) is 17.7 Å². The molecule has 17 heavy (non-hydrogen) atoms. The molecular weight excluding hydrogens is 216 g/mol. The molecule has 90 valence electrons. The molecule has 2 aromatic rings. The van der Waals surface area contributed by atoms with Gasteiger partial charge in [-0.05, 0) is 36.7 Å². The molecule has 0 radical (unpaired) electrons. The molecule has 0 aliphatic heterocycles. The third-order valence-electron chi connectivity index (χ3n) is 3.76. The van der Waals surface area contributed by atoms with E-state index in [1.165, 1.54) is 11.9 Å². The van der Waals surface area contributed by atoms with Gasteiger partial charge in [-0.1, -0.05) is 0 Å². The molecule has 2 heterocycles. The summed E-state index contributed by atoms with van der Waals surface area (Å²) in [6, 6.07) is 0. The lowest BCUT2D eigenvalue weighted by molar-refractivity contribution is 0.229. The molecule has 0 bridgehead atoms. The highest BCUT2D eigenvalue weighted by Crippen LogP contribution is 2.40. The average molecular weight is 232 g/mol. The summed E-state index contributed by atoms with van der Waals surface area (Å²) in [7, 11) is 0. The molecule has 1 saturated carbocycles. The first kappa shape index (κ1) is 10.5. The minimum Gasteiger partial charge on any atom is -0.396 e. The average Bonchev–Trinajstić information content (AvgIpc) is 2.94. The number of nitrogens with two attached hydrogens (primary N) is 1. The fourth-order valence-electron chi connectivity index (χ4n) is 2.81. The van der Waals surface area contributed by atoms with Gasteiger partial charge in [0.1, 0.15) is 11.8 Å². The van der Waals surface area contributed by atoms with Crippen LogP contribution in [0.15, 0.2) is 12.5 Å². The van der Waals surface area contributed by atoms with E-state index in [1.807, 2.05) is 6.20 Å². The maximum absolute atomic E-state index is 9.19. The van der Waals surface area contributed by atoms with E-state index in [2.05, 4.69) is 15.0 Å². The van der Waals surface area contributed by atoms with Crippen LogP contribution in [0.3, 0.4) is 0 Å². The maximum atomic E-state index is 9.19. The van der Waals surface area contributed by atoms with Gasteiger partial charge in [0.15, 0.2) is 5.82 Å². The van der Waals surface area contributed by atoms with Crippen molar-refractivity contribution in [1.82, 2.24) is 15.0 Å². The van der Waals surface area contributed by atoms with Gasteiger partial charge in [-0.2, -0.15) is 0 Å². The first-order valence-electron chi connectivity index (χ1n) is 5.98. The minimum atomic E-state index is 0.288. The summed E-state index contributed by atoms with van der Waals surface area (Å²) in [6.45, 7) is 0.288. The number of aromatic nitrogens is 3. The van der Waals surface area contributed by atoms with Crippen molar-refractivity contribution >= 4 is 16.9 Å². The van der Waals surface area contributed by atoms with Crippen molar-refractivity contribution in [1.29, 1.82) is 0 Å². The Morgan fingerprint density at radius 1 is 1.41 bits per heavy atom. The Balaban J connectivity index is 1.99. The fourth-order valence-corrected chi connectivity index (χ4v) is 2.81. The number of hydrogen-bond donors (Lipinski definition) is 3. The lowest BCUT2D eigenvalue weighted by atomic mass is 9.98. The molecule has 5 heteroatoms. The standard InChI is InChI=1S/C12H16N4O/c13-12-11-10(15-6-16-12)9(4-14-11)8-2-1-7(3-8)5-17/h4,6-8,14,17H,1-3,5H2,(H2,13,15,16)/t7-,8+/m1/s1. The topological polar surface area (TPSA) is 87.8 Å². The molecule has 0 amide bonds. The van der Waals surface area contributed by atoms with E-state index in [4.69, 9.17) is 5.73 Å². The molecule has 0 unspecified atom stereocenters. The van der Waals surface area contributed by atoms with Crippen LogP contribution >= 0.6 is 0 Å². The van der Waals surface area contributed by atoms with Gasteiger partial charge in [0.05, 0.1) is 5.52 Å². The van der Waals surface area contributed by atoms with Crippen molar-refractivity contribution in [3.8, 4) is 0 Å². The number of hydrogen-bond acceptors (Lipinski definition) is 4. The SMILES string of the molecule is Nc1ncnc2c([C@H]3CC[C@@H](CO)C3)c[nH]c12. The zero-order valence-electron chi connectivity index (χ0n) is 9.56. The second-order valence-corrected chi connectivity index (χ2v) is 4.79. The first-order valence-corrected chi connectivity index (χ1v) is 5.98. The van der Waals surface area contributed by atoms with Crippen LogP contribution in [0.25, 0.3) is 11.0 Å². The third kappa shape index (κ3) is 1.67. The fraction of sp³-hybridized carbons (Fsp3) is 0.500. The molecule has 0 saturated heterocycles. The van der Waals surface area contributed by atoms with Crippen molar-refractivity contribution in [2.75, 3.05) is 12.3 Å². The van der Waals surface area contributed by atoms with Crippen LogP contribution in [0.5, 0.6) is 0 Å². The van der Waals surface area contributed by atoms with Crippen LogP contribution in [0, 0.1) is 5.92 Å². The minimum absolute atomic E-state index is 0.288. The second kappa shape index (κ2) is 4.00. The van der Waals surface area contributed by atoms with Crippen LogP contribution in [0.4, 0.5) is 5.82 Å². The smallest absolute Gasteiger partial charge is 0.151 e. The summed E-state index contributed by atoms with van der Waals surface area (Å²) >= 11 is 0. The van der Waals surface area contributed by atoms with Crippen LogP contribution in [0.1, 0.15) is 30.7 Å². The van der Waals surface area contributed by atoms with E-state index in [9.17, 15) is 5.11 Å². The molecule has 0 spiro atoms. The second-order valence-electron chi connectivity index (χ2n) is 4.79. The molecular formula is C12H16N4O. The van der Waals surface area contributed by atoms with Crippen molar-refractivity contribution in [2.24, 2.45) is 5.92 Å². The number of nitrogen functional groups attached to an aromatic ring is 1.